The van der Waals surface area contributed by atoms with Crippen molar-refractivity contribution in [1.82, 2.24) is 30.8 Å². The molecule has 204 valence electrons. The van der Waals surface area contributed by atoms with Crippen LogP contribution >= 0.6 is 0 Å². The van der Waals surface area contributed by atoms with Crippen molar-refractivity contribution in [2.45, 2.75) is 56.6 Å². The number of benzene rings is 1. The molecule has 0 unspecified atom stereocenters. The maximum Gasteiger partial charge on any atom is 0.251 e. The number of nitrogens with one attached hydrogen (secondary N) is 3. The summed E-state index contributed by atoms with van der Waals surface area (Å²) in [6.45, 7) is 0.591. The van der Waals surface area contributed by atoms with Gasteiger partial charge in [-0.1, -0.05) is 11.8 Å². The summed E-state index contributed by atoms with van der Waals surface area (Å²) in [7, 11) is 0. The van der Waals surface area contributed by atoms with E-state index in [2.05, 4.69) is 37.8 Å². The maximum atomic E-state index is 13.5. The van der Waals surface area contributed by atoms with E-state index in [1.807, 2.05) is 0 Å². The number of aliphatic hydroxyl groups excluding tert-OH is 1. The van der Waals surface area contributed by atoms with Gasteiger partial charge < -0.3 is 26.0 Å². The first-order chi connectivity index (χ1) is 18.9. The number of hydrogen-bond donors (Lipinski definition) is 4. The van der Waals surface area contributed by atoms with Gasteiger partial charge in [-0.2, -0.15) is 0 Å². The molecule has 3 fully saturated rings. The molecule has 1 saturated carbocycles. The van der Waals surface area contributed by atoms with Crippen LogP contribution in [0.3, 0.4) is 0 Å². The average molecular weight is 535 g/mol. The van der Waals surface area contributed by atoms with Gasteiger partial charge in [-0.05, 0) is 43.5 Å². The van der Waals surface area contributed by atoms with Gasteiger partial charge in [0.05, 0.1) is 17.6 Å². The monoisotopic (exact) mass is 534 g/mol. The molecule has 3 amide bonds. The number of likely N-dealkylation sites (tertiary alicyclic amines) is 1. The van der Waals surface area contributed by atoms with Gasteiger partial charge in [-0.15, -0.1) is 0 Å². The van der Waals surface area contributed by atoms with E-state index < -0.39 is 12.2 Å². The number of halogens is 1. The molecule has 4 atom stereocenters. The molecule has 39 heavy (non-hydrogen) atoms. The van der Waals surface area contributed by atoms with Crippen LogP contribution in [-0.2, 0) is 16.2 Å². The second-order valence-corrected chi connectivity index (χ2v) is 10.2. The number of carbonyl (C=O) groups excluding carboxylic acids is 3. The van der Waals surface area contributed by atoms with Crippen LogP contribution in [0.5, 0.6) is 0 Å². The summed E-state index contributed by atoms with van der Waals surface area (Å²) in [6, 6.07) is 5.82. The first-order valence-corrected chi connectivity index (χ1v) is 13.2. The molecule has 10 nitrogen and oxygen atoms in total. The Morgan fingerprint density at radius 1 is 1.08 bits per heavy atom. The summed E-state index contributed by atoms with van der Waals surface area (Å²) in [4.78, 5) is 48.1. The molecule has 0 spiro atoms. The molecule has 1 aromatic carbocycles. The Hall–Kier alpha value is -3.88. The second kappa shape index (κ2) is 11.9. The van der Waals surface area contributed by atoms with Crippen molar-refractivity contribution in [1.29, 1.82) is 0 Å². The number of alkyl halides is 1. The van der Waals surface area contributed by atoms with E-state index in [9.17, 15) is 18.8 Å². The molecule has 1 aliphatic carbocycles. The predicted molar refractivity (Wildman–Crippen MR) is 139 cm³/mol. The molecule has 4 N–H and O–H groups in total. The quantitative estimate of drug-likeness (QED) is 0.375. The van der Waals surface area contributed by atoms with Crippen LogP contribution in [0.2, 0.25) is 0 Å². The number of aliphatic hydroxyl groups is 1. The minimum Gasteiger partial charge on any atom is -0.388 e. The molecule has 0 bridgehead atoms. The minimum atomic E-state index is -1.03. The van der Waals surface area contributed by atoms with E-state index in [-0.39, 0.29) is 61.8 Å². The van der Waals surface area contributed by atoms with Crippen LogP contribution in [-0.4, -0.2) is 81.6 Å². The Labute approximate surface area is 225 Å². The lowest BCUT2D eigenvalue weighted by Crippen LogP contribution is -2.46. The molecule has 2 aromatic rings. The number of carbonyl (C=O) groups is 3. The Balaban J connectivity index is 1.16. The highest BCUT2D eigenvalue weighted by molar-refractivity contribution is 5.94. The zero-order chi connectivity index (χ0) is 27.4. The van der Waals surface area contributed by atoms with Gasteiger partial charge >= 0.3 is 0 Å². The molecule has 3 heterocycles. The van der Waals surface area contributed by atoms with Gasteiger partial charge in [0.15, 0.2) is 5.82 Å². The molecular weight excluding hydrogens is 503 g/mol. The van der Waals surface area contributed by atoms with Crippen LogP contribution in [0.15, 0.2) is 36.7 Å². The minimum absolute atomic E-state index is 0.0225. The fraction of sp³-hybridized carbons (Fsp3) is 0.464. The molecule has 0 radical (unpaired) electrons. The Morgan fingerprint density at radius 2 is 1.79 bits per heavy atom. The maximum absolute atomic E-state index is 13.5. The Kier molecular flexibility index (Phi) is 8.14. The average Bonchev–Trinajstić information content (AvgIpc) is 3.59. The highest BCUT2D eigenvalue weighted by Gasteiger charge is 2.42. The highest BCUT2D eigenvalue weighted by Crippen LogP contribution is 2.33. The lowest BCUT2D eigenvalue weighted by atomic mass is 10.1. The lowest BCUT2D eigenvalue weighted by Gasteiger charge is -2.25. The summed E-state index contributed by atoms with van der Waals surface area (Å²) >= 11 is 0. The summed E-state index contributed by atoms with van der Waals surface area (Å²) in [5.74, 6) is 5.83. The highest BCUT2D eigenvalue weighted by atomic mass is 19.1. The van der Waals surface area contributed by atoms with Crippen LogP contribution < -0.4 is 16.0 Å². The standard InChI is InChI=1S/C28H31FN6O4/c29-21-9-24(30-13-21)27(38)34-22-10-23(35(15-22)28(39)20-7-8-20)14-33-26(37)19-5-3-17(4-6-19)1-2-18-11-31-25(16-36)32-12-18/h3-6,11-12,20-24,30,36H,7-10,13-16H2,(H,33,37)(H,34,38)/t21-,22+,23+,24-/m0/s1. The summed E-state index contributed by atoms with van der Waals surface area (Å²) in [5, 5.41) is 17.8. The number of hydrogen-bond acceptors (Lipinski definition) is 7. The summed E-state index contributed by atoms with van der Waals surface area (Å²) in [5.41, 5.74) is 1.79. The molecule has 1 aromatic heterocycles. The van der Waals surface area contributed by atoms with E-state index in [0.717, 1.165) is 12.8 Å². The Bertz CT molecular complexity index is 1270. The topological polar surface area (TPSA) is 137 Å². The smallest absolute Gasteiger partial charge is 0.251 e. The third-order valence-corrected chi connectivity index (χ3v) is 7.21. The third kappa shape index (κ3) is 6.77. The van der Waals surface area contributed by atoms with E-state index in [0.29, 0.717) is 35.5 Å². The SMILES string of the molecule is O=C(NC[C@H]1C[C@@H](NC(=O)[C@@H]2C[C@H](F)CN2)CN1C(=O)C1CC1)c1ccc(C#Cc2cnc(CO)nc2)cc1. The lowest BCUT2D eigenvalue weighted by molar-refractivity contribution is -0.133. The van der Waals surface area contributed by atoms with Gasteiger partial charge in [0.1, 0.15) is 12.8 Å². The number of nitrogens with zero attached hydrogens (tertiary/aromatic N) is 3. The van der Waals surface area contributed by atoms with Crippen molar-refractivity contribution in [3.63, 3.8) is 0 Å². The van der Waals surface area contributed by atoms with Crippen molar-refractivity contribution in [2.75, 3.05) is 19.6 Å². The van der Waals surface area contributed by atoms with Gasteiger partial charge in [0.2, 0.25) is 11.8 Å². The molecule has 11 heteroatoms. The third-order valence-electron chi connectivity index (χ3n) is 7.21. The molecule has 2 aliphatic heterocycles. The van der Waals surface area contributed by atoms with E-state index in [4.69, 9.17) is 5.11 Å². The summed E-state index contributed by atoms with van der Waals surface area (Å²) < 4.78 is 13.5. The fourth-order valence-electron chi connectivity index (χ4n) is 4.91. The van der Waals surface area contributed by atoms with E-state index >= 15 is 0 Å². The molecule has 5 rings (SSSR count). The summed E-state index contributed by atoms with van der Waals surface area (Å²) in [6.07, 6.45) is 4.45. The first kappa shape index (κ1) is 26.7. The van der Waals surface area contributed by atoms with Gasteiger partial charge in [0, 0.05) is 61.5 Å². The number of rotatable bonds is 7. The molecular formula is C28H31FN6O4. The van der Waals surface area contributed by atoms with Gasteiger partial charge in [-0.3, -0.25) is 14.4 Å². The predicted octanol–water partition coefficient (Wildman–Crippen LogP) is 0.294. The van der Waals surface area contributed by atoms with Crippen molar-refractivity contribution < 1.29 is 23.9 Å². The van der Waals surface area contributed by atoms with Crippen LogP contribution in [0.4, 0.5) is 4.39 Å². The number of amides is 3. The fourth-order valence-corrected chi connectivity index (χ4v) is 4.91. The number of aromatic nitrogens is 2. The van der Waals surface area contributed by atoms with Crippen LogP contribution in [0.25, 0.3) is 0 Å². The first-order valence-electron chi connectivity index (χ1n) is 13.2. The van der Waals surface area contributed by atoms with Crippen LogP contribution in [0.1, 0.15) is 53.0 Å². The van der Waals surface area contributed by atoms with Crippen molar-refractivity contribution in [2.24, 2.45) is 5.92 Å². The van der Waals surface area contributed by atoms with Crippen molar-refractivity contribution in [3.8, 4) is 11.8 Å². The largest absolute Gasteiger partial charge is 0.388 e. The zero-order valence-corrected chi connectivity index (χ0v) is 21.4. The normalized spacial score (nSPS) is 24.1. The van der Waals surface area contributed by atoms with E-state index in [1.54, 1.807) is 29.2 Å². The second-order valence-electron chi connectivity index (χ2n) is 10.2. The van der Waals surface area contributed by atoms with E-state index in [1.165, 1.54) is 12.4 Å². The van der Waals surface area contributed by atoms with Gasteiger partial charge in [0.25, 0.3) is 5.91 Å². The van der Waals surface area contributed by atoms with Crippen molar-refractivity contribution >= 4 is 17.7 Å². The Morgan fingerprint density at radius 3 is 2.44 bits per heavy atom. The zero-order valence-electron chi connectivity index (χ0n) is 21.4. The van der Waals surface area contributed by atoms with Crippen molar-refractivity contribution in [3.05, 3.63) is 59.2 Å². The van der Waals surface area contributed by atoms with Crippen LogP contribution in [0, 0.1) is 17.8 Å². The molecule has 3 aliphatic rings. The van der Waals surface area contributed by atoms with Gasteiger partial charge in [-0.25, -0.2) is 14.4 Å². The molecule has 2 saturated heterocycles.